The first-order valence-corrected chi connectivity index (χ1v) is 7.67. The van der Waals surface area contributed by atoms with Crippen molar-refractivity contribution < 1.29 is 22.4 Å². The predicted octanol–water partition coefficient (Wildman–Crippen LogP) is 4.13. The van der Waals surface area contributed by atoms with Crippen LogP contribution in [0.4, 0.5) is 17.6 Å². The number of hydrogen-bond donors (Lipinski definition) is 1. The van der Waals surface area contributed by atoms with E-state index in [0.29, 0.717) is 32.5 Å². The monoisotopic (exact) mass is 361 g/mol. The van der Waals surface area contributed by atoms with Crippen LogP contribution < -0.4 is 5.32 Å². The smallest absolute Gasteiger partial charge is 0.333 e. The lowest BCUT2D eigenvalue weighted by Gasteiger charge is -2.10. The van der Waals surface area contributed by atoms with Gasteiger partial charge in [-0.3, -0.25) is 4.79 Å². The Labute approximate surface area is 145 Å². The van der Waals surface area contributed by atoms with Crippen molar-refractivity contribution in [1.29, 1.82) is 0 Å². The Balaban J connectivity index is 1.92. The van der Waals surface area contributed by atoms with Crippen LogP contribution in [0.15, 0.2) is 42.7 Å². The van der Waals surface area contributed by atoms with Crippen molar-refractivity contribution in [1.82, 2.24) is 15.1 Å². The van der Waals surface area contributed by atoms with Gasteiger partial charge in [0.1, 0.15) is 11.6 Å². The Morgan fingerprint density at radius 2 is 1.81 bits per heavy atom. The molecule has 0 radical (unpaired) electrons. The van der Waals surface area contributed by atoms with Crippen molar-refractivity contribution in [3.63, 3.8) is 0 Å². The molecule has 8 heteroatoms. The minimum Gasteiger partial charge on any atom is -0.348 e. The molecule has 0 bridgehead atoms. The van der Waals surface area contributed by atoms with E-state index in [4.69, 9.17) is 0 Å². The van der Waals surface area contributed by atoms with Gasteiger partial charge in [0.05, 0.1) is 6.20 Å². The second-order valence-electron chi connectivity index (χ2n) is 5.84. The summed E-state index contributed by atoms with van der Waals surface area (Å²) in [7, 11) is 0. The lowest BCUT2D eigenvalue weighted by atomic mass is 9.93. The summed E-state index contributed by atoms with van der Waals surface area (Å²) in [5.74, 6) is -1.84. The molecule has 4 rings (SSSR count). The summed E-state index contributed by atoms with van der Waals surface area (Å²) in [4.78, 5) is 12.1. The van der Waals surface area contributed by atoms with E-state index in [1.165, 1.54) is 18.3 Å². The van der Waals surface area contributed by atoms with Crippen molar-refractivity contribution in [3.8, 4) is 22.3 Å². The van der Waals surface area contributed by atoms with Gasteiger partial charge in [-0.2, -0.15) is 13.9 Å². The zero-order valence-corrected chi connectivity index (χ0v) is 13.1. The van der Waals surface area contributed by atoms with Gasteiger partial charge in [0.15, 0.2) is 0 Å². The van der Waals surface area contributed by atoms with Gasteiger partial charge in [-0.1, -0.05) is 0 Å². The van der Waals surface area contributed by atoms with Gasteiger partial charge in [-0.15, -0.1) is 0 Å². The second-order valence-corrected chi connectivity index (χ2v) is 5.84. The molecule has 0 atom stereocenters. The number of alkyl halides is 2. The molecule has 0 saturated carbocycles. The van der Waals surface area contributed by atoms with Crippen LogP contribution in [0, 0.1) is 11.6 Å². The average Bonchev–Trinajstić information content (AvgIpc) is 3.22. The molecule has 0 fully saturated rings. The Morgan fingerprint density at radius 3 is 2.50 bits per heavy atom. The number of hydrogen-bond acceptors (Lipinski definition) is 2. The van der Waals surface area contributed by atoms with E-state index < -0.39 is 18.2 Å². The number of fused-ring (bicyclic) bond motifs is 1. The molecule has 1 aliphatic rings. The van der Waals surface area contributed by atoms with Crippen LogP contribution in [-0.4, -0.2) is 15.7 Å². The van der Waals surface area contributed by atoms with E-state index >= 15 is 0 Å². The normalized spacial score (nSPS) is 13.2. The van der Waals surface area contributed by atoms with Gasteiger partial charge < -0.3 is 5.32 Å². The molecule has 1 aliphatic heterocycles. The minimum atomic E-state index is -2.80. The molecule has 0 aliphatic carbocycles. The molecule has 0 spiro atoms. The number of carbonyl (C=O) groups excluding carboxylic acids is 1. The number of amides is 1. The van der Waals surface area contributed by atoms with Crippen molar-refractivity contribution >= 4 is 5.91 Å². The molecule has 1 amide bonds. The fourth-order valence-corrected chi connectivity index (χ4v) is 3.05. The van der Waals surface area contributed by atoms with Crippen LogP contribution in [0.1, 0.15) is 22.5 Å². The lowest BCUT2D eigenvalue weighted by Crippen LogP contribution is -2.12. The van der Waals surface area contributed by atoms with Crippen LogP contribution in [0.25, 0.3) is 22.3 Å². The number of rotatable bonds is 3. The van der Waals surface area contributed by atoms with Crippen LogP contribution in [0.3, 0.4) is 0 Å². The third-order valence-corrected chi connectivity index (χ3v) is 4.27. The summed E-state index contributed by atoms with van der Waals surface area (Å²) in [6, 6.07) is 6.22. The molecular weight excluding hydrogens is 350 g/mol. The molecule has 132 valence electrons. The summed E-state index contributed by atoms with van der Waals surface area (Å²) in [6.45, 7) is -2.57. The number of carbonyl (C=O) groups is 1. The van der Waals surface area contributed by atoms with E-state index in [2.05, 4.69) is 10.4 Å². The summed E-state index contributed by atoms with van der Waals surface area (Å²) < 4.78 is 53.5. The highest BCUT2D eigenvalue weighted by atomic mass is 19.3. The molecule has 1 aromatic heterocycles. The summed E-state index contributed by atoms with van der Waals surface area (Å²) in [5.41, 5.74) is 2.27. The Hall–Kier alpha value is -3.16. The third kappa shape index (κ3) is 2.63. The highest BCUT2D eigenvalue weighted by Crippen LogP contribution is 2.35. The standard InChI is InChI=1S/C18H11F4N3O/c19-11-1-2-12(16(20)5-11)9-3-13(10-6-24-25(8-10)18(21)22)15-7-23-17(26)14(15)4-9/h1-6,8,18H,7H2,(H,23,26). The fourth-order valence-electron chi connectivity index (χ4n) is 3.05. The molecule has 0 unspecified atom stereocenters. The van der Waals surface area contributed by atoms with Gasteiger partial charge in [-0.05, 0) is 41.0 Å². The summed E-state index contributed by atoms with van der Waals surface area (Å²) >= 11 is 0. The van der Waals surface area contributed by atoms with E-state index in [9.17, 15) is 22.4 Å². The van der Waals surface area contributed by atoms with Crippen molar-refractivity contribution in [2.45, 2.75) is 13.1 Å². The number of benzene rings is 2. The maximum Gasteiger partial charge on any atom is 0.333 e. The largest absolute Gasteiger partial charge is 0.348 e. The van der Waals surface area contributed by atoms with Crippen molar-refractivity contribution in [3.05, 3.63) is 65.5 Å². The first-order valence-electron chi connectivity index (χ1n) is 7.67. The molecule has 3 aromatic rings. The summed E-state index contributed by atoms with van der Waals surface area (Å²) in [5, 5.41) is 6.26. The highest BCUT2D eigenvalue weighted by Gasteiger charge is 2.25. The molecular formula is C18H11F4N3O. The Kier molecular flexibility index (Phi) is 3.75. The van der Waals surface area contributed by atoms with Crippen molar-refractivity contribution in [2.24, 2.45) is 0 Å². The zero-order chi connectivity index (χ0) is 18.4. The second kappa shape index (κ2) is 5.98. The quantitative estimate of drug-likeness (QED) is 0.713. The van der Waals surface area contributed by atoms with Crippen LogP contribution in [-0.2, 0) is 6.54 Å². The maximum atomic E-state index is 14.2. The van der Waals surface area contributed by atoms with Gasteiger partial charge in [0, 0.05) is 35.5 Å². The minimum absolute atomic E-state index is 0.108. The van der Waals surface area contributed by atoms with Crippen molar-refractivity contribution in [2.75, 3.05) is 0 Å². The van der Waals surface area contributed by atoms with Gasteiger partial charge in [0.25, 0.3) is 5.91 Å². The third-order valence-electron chi connectivity index (χ3n) is 4.27. The Bertz CT molecular complexity index is 1030. The average molecular weight is 361 g/mol. The maximum absolute atomic E-state index is 14.2. The van der Waals surface area contributed by atoms with E-state index in [1.807, 2.05) is 0 Å². The fraction of sp³-hybridized carbons (Fsp3) is 0.111. The number of nitrogens with one attached hydrogen (secondary N) is 1. The van der Waals surface area contributed by atoms with Gasteiger partial charge >= 0.3 is 6.55 Å². The first-order chi connectivity index (χ1) is 12.4. The zero-order valence-electron chi connectivity index (χ0n) is 13.1. The van der Waals surface area contributed by atoms with E-state index in [0.717, 1.165) is 18.3 Å². The van der Waals surface area contributed by atoms with Gasteiger partial charge in [-0.25, -0.2) is 13.5 Å². The predicted molar refractivity (Wildman–Crippen MR) is 85.4 cm³/mol. The topological polar surface area (TPSA) is 46.9 Å². The SMILES string of the molecule is O=C1NCc2c1cc(-c1ccc(F)cc1F)cc2-c1cnn(C(F)F)c1. The highest BCUT2D eigenvalue weighted by molar-refractivity contribution is 6.02. The van der Waals surface area contributed by atoms with E-state index in [1.54, 1.807) is 6.07 Å². The molecule has 4 nitrogen and oxygen atoms in total. The number of aromatic nitrogens is 2. The van der Waals surface area contributed by atoms with Crippen LogP contribution in [0.2, 0.25) is 0 Å². The number of nitrogens with zero attached hydrogens (tertiary/aromatic N) is 2. The van der Waals surface area contributed by atoms with E-state index in [-0.39, 0.29) is 18.0 Å². The van der Waals surface area contributed by atoms with Gasteiger partial charge in [0.2, 0.25) is 0 Å². The molecule has 26 heavy (non-hydrogen) atoms. The van der Waals surface area contributed by atoms with Crippen LogP contribution in [0.5, 0.6) is 0 Å². The molecule has 2 aromatic carbocycles. The summed E-state index contributed by atoms with van der Waals surface area (Å²) in [6.07, 6.45) is 2.42. The molecule has 0 saturated heterocycles. The first kappa shape index (κ1) is 16.3. The number of halogens is 4. The molecule has 2 heterocycles. The Morgan fingerprint density at radius 1 is 1.04 bits per heavy atom. The lowest BCUT2D eigenvalue weighted by molar-refractivity contribution is 0.0566. The molecule has 1 N–H and O–H groups in total. The van der Waals surface area contributed by atoms with Crippen LogP contribution >= 0.6 is 0 Å².